The number of hydrogen-bond donors (Lipinski definition) is 1. The highest BCUT2D eigenvalue weighted by Gasteiger charge is 2.16. The lowest BCUT2D eigenvalue weighted by atomic mass is 10.2. The van der Waals surface area contributed by atoms with Crippen molar-refractivity contribution in [3.8, 4) is 17.2 Å². The summed E-state index contributed by atoms with van der Waals surface area (Å²) in [5, 5.41) is 10.2. The molecule has 2 aromatic carbocycles. The van der Waals surface area contributed by atoms with Crippen LogP contribution in [0.5, 0.6) is 5.75 Å². The molecule has 0 aliphatic carbocycles. The predicted octanol–water partition coefficient (Wildman–Crippen LogP) is 2.79. The summed E-state index contributed by atoms with van der Waals surface area (Å²) in [6.45, 7) is 1.54. The summed E-state index contributed by atoms with van der Waals surface area (Å²) < 4.78 is 34.5. The SMILES string of the molecule is CCS(=O)(=O)c1cccc(C(=O)Nc2nnc(-c3cccc(OC)c3)o2)c1. The van der Waals surface area contributed by atoms with Gasteiger partial charge >= 0.3 is 6.01 Å². The van der Waals surface area contributed by atoms with Crippen molar-refractivity contribution in [3.05, 3.63) is 54.1 Å². The second kappa shape index (κ2) is 7.58. The molecule has 1 aromatic heterocycles. The van der Waals surface area contributed by atoms with Crippen LogP contribution in [-0.2, 0) is 9.84 Å². The second-order valence-corrected chi connectivity index (χ2v) is 7.81. The number of nitrogens with zero attached hydrogens (tertiary/aromatic N) is 2. The van der Waals surface area contributed by atoms with Crippen LogP contribution in [-0.4, -0.2) is 37.4 Å². The number of aromatic nitrogens is 2. The molecule has 0 radical (unpaired) electrons. The number of carbonyl (C=O) groups excluding carboxylic acids is 1. The maximum atomic E-state index is 12.4. The first-order valence-corrected chi connectivity index (χ1v) is 9.70. The zero-order chi connectivity index (χ0) is 19.4. The summed E-state index contributed by atoms with van der Waals surface area (Å²) in [5.74, 6) is 0.242. The lowest BCUT2D eigenvalue weighted by Crippen LogP contribution is -2.13. The molecule has 0 bridgehead atoms. The van der Waals surface area contributed by atoms with Gasteiger partial charge in [-0.05, 0) is 36.4 Å². The van der Waals surface area contributed by atoms with E-state index in [0.717, 1.165) is 0 Å². The first-order valence-electron chi connectivity index (χ1n) is 8.05. The Labute approximate surface area is 156 Å². The first-order chi connectivity index (χ1) is 12.9. The van der Waals surface area contributed by atoms with Crippen molar-refractivity contribution in [1.82, 2.24) is 10.2 Å². The quantitative estimate of drug-likeness (QED) is 0.692. The molecule has 8 nitrogen and oxygen atoms in total. The lowest BCUT2D eigenvalue weighted by Gasteiger charge is -2.04. The smallest absolute Gasteiger partial charge is 0.322 e. The van der Waals surface area contributed by atoms with E-state index in [-0.39, 0.29) is 28.1 Å². The molecule has 9 heteroatoms. The van der Waals surface area contributed by atoms with Gasteiger partial charge in [0.25, 0.3) is 5.91 Å². The van der Waals surface area contributed by atoms with Crippen LogP contribution in [0.2, 0.25) is 0 Å². The van der Waals surface area contributed by atoms with E-state index in [1.54, 1.807) is 38.3 Å². The van der Waals surface area contributed by atoms with Crippen molar-refractivity contribution < 1.29 is 22.4 Å². The third kappa shape index (κ3) is 4.14. The number of carbonyl (C=O) groups is 1. The van der Waals surface area contributed by atoms with Gasteiger partial charge in [0.05, 0.1) is 17.8 Å². The van der Waals surface area contributed by atoms with Crippen molar-refractivity contribution in [2.45, 2.75) is 11.8 Å². The second-order valence-electron chi connectivity index (χ2n) is 5.53. The van der Waals surface area contributed by atoms with E-state index in [2.05, 4.69) is 15.5 Å². The molecule has 0 spiro atoms. The minimum atomic E-state index is -3.41. The van der Waals surface area contributed by atoms with Crippen LogP contribution >= 0.6 is 0 Å². The molecule has 1 N–H and O–H groups in total. The highest BCUT2D eigenvalue weighted by Crippen LogP contribution is 2.24. The Bertz CT molecular complexity index is 1080. The van der Waals surface area contributed by atoms with Crippen molar-refractivity contribution >= 4 is 21.8 Å². The topological polar surface area (TPSA) is 111 Å². The van der Waals surface area contributed by atoms with Crippen LogP contribution in [0.15, 0.2) is 57.8 Å². The lowest BCUT2D eigenvalue weighted by molar-refractivity contribution is 0.102. The summed E-state index contributed by atoms with van der Waals surface area (Å²) in [4.78, 5) is 12.5. The largest absolute Gasteiger partial charge is 0.497 e. The maximum absolute atomic E-state index is 12.4. The van der Waals surface area contributed by atoms with Crippen molar-refractivity contribution in [2.75, 3.05) is 18.2 Å². The van der Waals surface area contributed by atoms with Gasteiger partial charge in [-0.25, -0.2) is 8.42 Å². The molecule has 140 valence electrons. The fourth-order valence-electron chi connectivity index (χ4n) is 2.31. The van der Waals surface area contributed by atoms with Gasteiger partial charge in [0, 0.05) is 11.1 Å². The van der Waals surface area contributed by atoms with Gasteiger partial charge in [-0.3, -0.25) is 10.1 Å². The number of rotatable bonds is 6. The molecule has 27 heavy (non-hydrogen) atoms. The Morgan fingerprint density at radius 1 is 1.15 bits per heavy atom. The van der Waals surface area contributed by atoms with Gasteiger partial charge < -0.3 is 9.15 Å². The first kappa shape index (κ1) is 18.6. The van der Waals surface area contributed by atoms with Gasteiger partial charge in [-0.15, -0.1) is 5.10 Å². The summed E-state index contributed by atoms with van der Waals surface area (Å²) in [7, 11) is -1.86. The number of hydrogen-bond acceptors (Lipinski definition) is 7. The predicted molar refractivity (Wildman–Crippen MR) is 98.4 cm³/mol. The molecule has 0 atom stereocenters. The molecule has 0 fully saturated rings. The summed E-state index contributed by atoms with van der Waals surface area (Å²) in [5.41, 5.74) is 0.809. The summed E-state index contributed by atoms with van der Waals surface area (Å²) in [6.07, 6.45) is 0. The number of sulfone groups is 1. The molecular weight excluding hydrogens is 370 g/mol. The number of methoxy groups -OCH3 is 1. The summed E-state index contributed by atoms with van der Waals surface area (Å²) >= 11 is 0. The fourth-order valence-corrected chi connectivity index (χ4v) is 3.24. The molecular formula is C18H17N3O5S. The molecule has 3 rings (SSSR count). The monoisotopic (exact) mass is 387 g/mol. The Balaban J connectivity index is 1.79. The van der Waals surface area contributed by atoms with Crippen LogP contribution in [0.1, 0.15) is 17.3 Å². The van der Waals surface area contributed by atoms with E-state index < -0.39 is 15.7 Å². The molecule has 0 saturated carbocycles. The van der Waals surface area contributed by atoms with Crippen LogP contribution in [0.25, 0.3) is 11.5 Å². The molecule has 1 heterocycles. The van der Waals surface area contributed by atoms with Gasteiger partial charge in [0.2, 0.25) is 5.89 Å². The number of amides is 1. The third-order valence-electron chi connectivity index (χ3n) is 3.80. The van der Waals surface area contributed by atoms with Crippen molar-refractivity contribution in [2.24, 2.45) is 0 Å². The highest BCUT2D eigenvalue weighted by atomic mass is 32.2. The van der Waals surface area contributed by atoms with Gasteiger partial charge in [-0.1, -0.05) is 24.2 Å². The van der Waals surface area contributed by atoms with E-state index in [9.17, 15) is 13.2 Å². The molecule has 0 aliphatic rings. The number of anilines is 1. The van der Waals surface area contributed by atoms with Crippen LogP contribution < -0.4 is 10.1 Å². The normalized spacial score (nSPS) is 11.2. The minimum Gasteiger partial charge on any atom is -0.497 e. The molecule has 3 aromatic rings. The zero-order valence-corrected chi connectivity index (χ0v) is 15.5. The minimum absolute atomic E-state index is 0.0500. The Kier molecular flexibility index (Phi) is 5.22. The Morgan fingerprint density at radius 2 is 1.93 bits per heavy atom. The highest BCUT2D eigenvalue weighted by molar-refractivity contribution is 7.91. The van der Waals surface area contributed by atoms with Crippen molar-refractivity contribution in [3.63, 3.8) is 0 Å². The fraction of sp³-hybridized carbons (Fsp3) is 0.167. The van der Waals surface area contributed by atoms with E-state index in [0.29, 0.717) is 11.3 Å². The van der Waals surface area contributed by atoms with Crippen LogP contribution in [0, 0.1) is 0 Å². The zero-order valence-electron chi connectivity index (χ0n) is 14.7. The average Bonchev–Trinajstić information content (AvgIpc) is 3.16. The molecule has 0 aliphatic heterocycles. The molecule has 0 unspecified atom stereocenters. The standard InChI is InChI=1S/C18H17N3O5S/c1-3-27(23,24)15-9-5-6-12(11-15)16(22)19-18-21-20-17(26-18)13-7-4-8-14(10-13)25-2/h4-11H,3H2,1-2H3,(H,19,21,22). The Morgan fingerprint density at radius 3 is 2.67 bits per heavy atom. The van der Waals surface area contributed by atoms with E-state index in [1.165, 1.54) is 24.3 Å². The van der Waals surface area contributed by atoms with Gasteiger partial charge in [0.15, 0.2) is 9.84 Å². The number of benzene rings is 2. The van der Waals surface area contributed by atoms with Crippen LogP contribution in [0.4, 0.5) is 6.01 Å². The van der Waals surface area contributed by atoms with E-state index in [1.807, 2.05) is 0 Å². The average molecular weight is 387 g/mol. The van der Waals surface area contributed by atoms with E-state index >= 15 is 0 Å². The third-order valence-corrected chi connectivity index (χ3v) is 5.53. The molecule has 0 saturated heterocycles. The Hall–Kier alpha value is -3.20. The number of nitrogens with one attached hydrogen (secondary N) is 1. The van der Waals surface area contributed by atoms with Gasteiger partial charge in [-0.2, -0.15) is 0 Å². The van der Waals surface area contributed by atoms with Gasteiger partial charge in [0.1, 0.15) is 5.75 Å². The summed E-state index contributed by atoms with van der Waals surface area (Å²) in [6, 6.07) is 12.7. The van der Waals surface area contributed by atoms with E-state index in [4.69, 9.17) is 9.15 Å². The maximum Gasteiger partial charge on any atom is 0.322 e. The molecule has 1 amide bonds. The number of ether oxygens (including phenoxy) is 1. The van der Waals surface area contributed by atoms with Crippen LogP contribution in [0.3, 0.4) is 0 Å². The van der Waals surface area contributed by atoms with Crippen molar-refractivity contribution in [1.29, 1.82) is 0 Å².